The average Bonchev–Trinajstić information content (AvgIpc) is 2.38. The Kier molecular flexibility index (Phi) is 6.30. The van der Waals surface area contributed by atoms with Crippen LogP contribution in [0.15, 0.2) is 30.3 Å². The predicted octanol–water partition coefficient (Wildman–Crippen LogP) is 3.02. The molecule has 0 aliphatic rings. The highest BCUT2D eigenvalue weighted by Gasteiger charge is 2.37. The van der Waals surface area contributed by atoms with Crippen molar-refractivity contribution >= 4 is 17.4 Å². The van der Waals surface area contributed by atoms with E-state index in [0.717, 1.165) is 5.69 Å². The molecular formula is C18H28N2O2. The summed E-state index contributed by atoms with van der Waals surface area (Å²) in [6.07, 6.45) is 0.322. The zero-order valence-electron chi connectivity index (χ0n) is 14.5. The zero-order valence-corrected chi connectivity index (χ0v) is 14.5. The summed E-state index contributed by atoms with van der Waals surface area (Å²) in [5, 5.41) is 3.10. The highest BCUT2D eigenvalue weighted by atomic mass is 16.2. The van der Waals surface area contributed by atoms with E-state index in [1.807, 2.05) is 58.0 Å². The Morgan fingerprint density at radius 3 is 2.14 bits per heavy atom. The van der Waals surface area contributed by atoms with E-state index < -0.39 is 5.54 Å². The number of amides is 1. The van der Waals surface area contributed by atoms with Crippen LogP contribution in [0.25, 0.3) is 0 Å². The van der Waals surface area contributed by atoms with Crippen molar-refractivity contribution in [3.05, 3.63) is 30.3 Å². The first kappa shape index (κ1) is 18.4. The van der Waals surface area contributed by atoms with Crippen molar-refractivity contribution < 1.29 is 9.59 Å². The molecule has 1 atom stereocenters. The number of ketones is 1. The lowest BCUT2D eigenvalue weighted by Gasteiger charge is -2.41. The minimum absolute atomic E-state index is 0.00468. The number of Topliss-reactive ketones (excluding diaryl/α,β-unsaturated/α-hetero) is 1. The lowest BCUT2D eigenvalue weighted by Crippen LogP contribution is -2.56. The maximum Gasteiger partial charge on any atom is 0.244 e. The van der Waals surface area contributed by atoms with Crippen molar-refractivity contribution in [2.24, 2.45) is 5.92 Å². The number of nitrogens with zero attached hydrogens (tertiary/aromatic N) is 1. The molecule has 4 heteroatoms. The SMILES string of the molecule is CN[C@H](C(=O)N(c1ccccc1)C(C)(C)CC(C)=O)C(C)C. The second-order valence-corrected chi connectivity index (χ2v) is 6.71. The van der Waals surface area contributed by atoms with Gasteiger partial charge in [-0.2, -0.15) is 0 Å². The van der Waals surface area contributed by atoms with Gasteiger partial charge >= 0.3 is 0 Å². The molecule has 0 saturated heterocycles. The van der Waals surface area contributed by atoms with Crippen LogP contribution in [0, 0.1) is 5.92 Å². The van der Waals surface area contributed by atoms with Gasteiger partial charge < -0.3 is 10.2 Å². The third kappa shape index (κ3) is 4.41. The second-order valence-electron chi connectivity index (χ2n) is 6.71. The highest BCUT2D eigenvalue weighted by molar-refractivity contribution is 5.99. The minimum atomic E-state index is -0.575. The second kappa shape index (κ2) is 7.54. The number of nitrogens with one attached hydrogen (secondary N) is 1. The van der Waals surface area contributed by atoms with E-state index in [0.29, 0.717) is 6.42 Å². The monoisotopic (exact) mass is 304 g/mol. The first-order valence-electron chi connectivity index (χ1n) is 7.76. The van der Waals surface area contributed by atoms with E-state index in [9.17, 15) is 9.59 Å². The fourth-order valence-corrected chi connectivity index (χ4v) is 2.92. The molecule has 1 rings (SSSR count). The normalized spacial score (nSPS) is 13.0. The van der Waals surface area contributed by atoms with Crippen LogP contribution in [0.1, 0.15) is 41.0 Å². The van der Waals surface area contributed by atoms with E-state index in [1.54, 1.807) is 18.9 Å². The van der Waals surface area contributed by atoms with Gasteiger partial charge in [0.05, 0.1) is 6.04 Å². The van der Waals surface area contributed by atoms with Crippen molar-refractivity contribution in [3.63, 3.8) is 0 Å². The van der Waals surface area contributed by atoms with E-state index in [4.69, 9.17) is 0 Å². The fraction of sp³-hybridized carbons (Fsp3) is 0.556. The number of hydrogen-bond donors (Lipinski definition) is 1. The van der Waals surface area contributed by atoms with Crippen LogP contribution in [0.2, 0.25) is 0 Å². The number of anilines is 1. The fourth-order valence-electron chi connectivity index (χ4n) is 2.92. The number of benzene rings is 1. The summed E-state index contributed by atoms with van der Waals surface area (Å²) >= 11 is 0. The third-order valence-corrected chi connectivity index (χ3v) is 3.77. The molecule has 0 saturated carbocycles. The quantitative estimate of drug-likeness (QED) is 0.842. The van der Waals surface area contributed by atoms with Gasteiger partial charge in [-0.15, -0.1) is 0 Å². The zero-order chi connectivity index (χ0) is 16.9. The molecule has 0 aliphatic heterocycles. The summed E-state index contributed by atoms with van der Waals surface area (Å²) in [5.41, 5.74) is 0.244. The number of para-hydroxylation sites is 1. The van der Waals surface area contributed by atoms with Crippen LogP contribution in [0.5, 0.6) is 0 Å². The van der Waals surface area contributed by atoms with Gasteiger partial charge in [-0.1, -0.05) is 32.0 Å². The number of rotatable bonds is 7. The van der Waals surface area contributed by atoms with Crippen LogP contribution in [0.3, 0.4) is 0 Å². The standard InChI is InChI=1S/C18H28N2O2/c1-13(2)16(19-6)17(22)20(15-10-8-7-9-11-15)18(4,5)12-14(3)21/h7-11,13,16,19H,12H2,1-6H3/t16-/m0/s1. The van der Waals surface area contributed by atoms with E-state index in [-0.39, 0.29) is 23.7 Å². The molecular weight excluding hydrogens is 276 g/mol. The van der Waals surface area contributed by atoms with Crippen molar-refractivity contribution in [2.45, 2.75) is 52.6 Å². The van der Waals surface area contributed by atoms with Crippen molar-refractivity contribution in [2.75, 3.05) is 11.9 Å². The van der Waals surface area contributed by atoms with Gasteiger partial charge in [0.2, 0.25) is 5.91 Å². The van der Waals surface area contributed by atoms with E-state index >= 15 is 0 Å². The number of carbonyl (C=O) groups excluding carboxylic acids is 2. The van der Waals surface area contributed by atoms with Crippen LogP contribution in [0.4, 0.5) is 5.69 Å². The molecule has 0 spiro atoms. The van der Waals surface area contributed by atoms with Gasteiger partial charge in [0.1, 0.15) is 5.78 Å². The van der Waals surface area contributed by atoms with Gasteiger partial charge in [-0.05, 0) is 45.9 Å². The smallest absolute Gasteiger partial charge is 0.244 e. The Labute approximate surface area is 133 Å². The molecule has 0 bridgehead atoms. The van der Waals surface area contributed by atoms with Crippen molar-refractivity contribution in [1.29, 1.82) is 0 Å². The Bertz CT molecular complexity index is 509. The largest absolute Gasteiger partial charge is 0.309 e. The Morgan fingerprint density at radius 2 is 1.73 bits per heavy atom. The molecule has 0 unspecified atom stereocenters. The van der Waals surface area contributed by atoms with Crippen molar-refractivity contribution in [3.8, 4) is 0 Å². The highest BCUT2D eigenvalue weighted by Crippen LogP contribution is 2.28. The molecule has 0 radical (unpaired) electrons. The van der Waals surface area contributed by atoms with Gasteiger partial charge in [-0.25, -0.2) is 0 Å². The Morgan fingerprint density at radius 1 is 1.18 bits per heavy atom. The van der Waals surface area contributed by atoms with Crippen LogP contribution < -0.4 is 10.2 Å². The van der Waals surface area contributed by atoms with Gasteiger partial charge in [0, 0.05) is 17.6 Å². The molecule has 4 nitrogen and oxygen atoms in total. The molecule has 0 aliphatic carbocycles. The minimum Gasteiger partial charge on any atom is -0.309 e. The van der Waals surface area contributed by atoms with Crippen molar-refractivity contribution in [1.82, 2.24) is 5.32 Å². The predicted molar refractivity (Wildman–Crippen MR) is 91.0 cm³/mol. The molecule has 0 aromatic heterocycles. The molecule has 1 aromatic carbocycles. The summed E-state index contributed by atoms with van der Waals surface area (Å²) in [6.45, 7) is 9.46. The Hall–Kier alpha value is -1.68. The molecule has 1 amide bonds. The average molecular weight is 304 g/mol. The number of likely N-dealkylation sites (N-methyl/N-ethyl adjacent to an activating group) is 1. The van der Waals surface area contributed by atoms with Crippen LogP contribution in [-0.4, -0.2) is 30.3 Å². The molecule has 22 heavy (non-hydrogen) atoms. The molecule has 0 heterocycles. The number of hydrogen-bond acceptors (Lipinski definition) is 3. The summed E-state index contributed by atoms with van der Waals surface area (Å²) in [7, 11) is 1.80. The first-order chi connectivity index (χ1) is 10.2. The first-order valence-corrected chi connectivity index (χ1v) is 7.76. The molecule has 122 valence electrons. The Balaban J connectivity index is 3.28. The molecule has 1 aromatic rings. The van der Waals surface area contributed by atoms with E-state index in [1.165, 1.54) is 0 Å². The van der Waals surface area contributed by atoms with Crippen LogP contribution in [-0.2, 0) is 9.59 Å². The summed E-state index contributed by atoms with van der Waals surface area (Å²) in [5.74, 6) is 0.232. The topological polar surface area (TPSA) is 49.4 Å². The van der Waals surface area contributed by atoms with Gasteiger partial charge in [0.25, 0.3) is 0 Å². The van der Waals surface area contributed by atoms with E-state index in [2.05, 4.69) is 5.32 Å². The maximum absolute atomic E-state index is 13.1. The third-order valence-electron chi connectivity index (χ3n) is 3.77. The van der Waals surface area contributed by atoms with Crippen LogP contribution >= 0.6 is 0 Å². The summed E-state index contributed by atoms with van der Waals surface area (Å²) in [6, 6.07) is 9.26. The lowest BCUT2D eigenvalue weighted by molar-refractivity contribution is -0.123. The van der Waals surface area contributed by atoms with Gasteiger partial charge in [0.15, 0.2) is 0 Å². The molecule has 1 N–H and O–H groups in total. The number of carbonyl (C=O) groups is 2. The summed E-state index contributed by atoms with van der Waals surface area (Å²) < 4.78 is 0. The molecule has 0 fully saturated rings. The lowest BCUT2D eigenvalue weighted by atomic mass is 9.92. The van der Waals surface area contributed by atoms with Gasteiger partial charge in [-0.3, -0.25) is 9.59 Å². The maximum atomic E-state index is 13.1. The summed E-state index contributed by atoms with van der Waals surface area (Å²) in [4.78, 5) is 26.5.